The first-order chi connectivity index (χ1) is 10.7. The molecule has 0 aliphatic heterocycles. The standard InChI is InChI=1S/C17H22N4O/c1-3-6-17-16(13-18)19-20-21(17)11-4-5-12-22-15-9-7-14(2)8-10-15/h7-10H,3-6,11-12H2,1-2H3. The monoisotopic (exact) mass is 298 g/mol. The Labute approximate surface area is 131 Å². The minimum atomic E-state index is 0.456. The van der Waals surface area contributed by atoms with Crippen molar-refractivity contribution in [2.75, 3.05) is 6.61 Å². The average molecular weight is 298 g/mol. The van der Waals surface area contributed by atoms with Gasteiger partial charge >= 0.3 is 0 Å². The Morgan fingerprint density at radius 1 is 1.23 bits per heavy atom. The summed E-state index contributed by atoms with van der Waals surface area (Å²) in [6, 6.07) is 10.2. The molecule has 22 heavy (non-hydrogen) atoms. The SMILES string of the molecule is CCCc1c(C#N)nnn1CCCCOc1ccc(C)cc1. The Kier molecular flexibility index (Phi) is 5.96. The van der Waals surface area contributed by atoms with Crippen LogP contribution in [0, 0.1) is 18.3 Å². The molecule has 0 bridgehead atoms. The summed E-state index contributed by atoms with van der Waals surface area (Å²) in [5.41, 5.74) is 2.64. The minimum absolute atomic E-state index is 0.456. The van der Waals surface area contributed by atoms with Crippen LogP contribution in [-0.4, -0.2) is 21.6 Å². The van der Waals surface area contributed by atoms with Crippen LogP contribution in [0.4, 0.5) is 0 Å². The van der Waals surface area contributed by atoms with E-state index in [1.807, 2.05) is 28.9 Å². The predicted octanol–water partition coefficient (Wildman–Crippen LogP) is 3.27. The van der Waals surface area contributed by atoms with Crippen molar-refractivity contribution in [2.45, 2.75) is 46.1 Å². The second kappa shape index (κ2) is 8.18. The number of rotatable bonds is 8. The molecule has 1 heterocycles. The van der Waals surface area contributed by atoms with Gasteiger partial charge in [0.1, 0.15) is 11.8 Å². The molecule has 0 amide bonds. The highest BCUT2D eigenvalue weighted by molar-refractivity contribution is 5.26. The van der Waals surface area contributed by atoms with Gasteiger partial charge in [0, 0.05) is 6.54 Å². The molecule has 0 fully saturated rings. The molecule has 1 aromatic carbocycles. The Balaban J connectivity index is 1.76. The summed E-state index contributed by atoms with van der Waals surface area (Å²) < 4.78 is 7.56. The fourth-order valence-corrected chi connectivity index (χ4v) is 2.27. The Hall–Kier alpha value is -2.35. The van der Waals surface area contributed by atoms with Gasteiger partial charge in [-0.05, 0) is 38.3 Å². The second-order valence-electron chi connectivity index (χ2n) is 5.34. The van der Waals surface area contributed by atoms with Crippen LogP contribution in [0.3, 0.4) is 0 Å². The fraction of sp³-hybridized carbons (Fsp3) is 0.471. The summed E-state index contributed by atoms with van der Waals surface area (Å²) in [6.45, 7) is 5.62. The molecule has 0 spiro atoms. The summed E-state index contributed by atoms with van der Waals surface area (Å²) in [7, 11) is 0. The number of unbranched alkanes of at least 4 members (excludes halogenated alkanes) is 1. The predicted molar refractivity (Wildman–Crippen MR) is 84.6 cm³/mol. The molecule has 0 aliphatic rings. The van der Waals surface area contributed by atoms with E-state index < -0.39 is 0 Å². The van der Waals surface area contributed by atoms with Crippen LogP contribution in [0.2, 0.25) is 0 Å². The maximum Gasteiger partial charge on any atom is 0.185 e. The number of ether oxygens (including phenoxy) is 1. The van der Waals surface area contributed by atoms with E-state index in [0.717, 1.165) is 43.7 Å². The van der Waals surface area contributed by atoms with Crippen molar-refractivity contribution < 1.29 is 4.74 Å². The van der Waals surface area contributed by atoms with Gasteiger partial charge in [-0.15, -0.1) is 5.10 Å². The molecule has 1 aromatic heterocycles. The lowest BCUT2D eigenvalue weighted by molar-refractivity contribution is 0.301. The third kappa shape index (κ3) is 4.32. The van der Waals surface area contributed by atoms with E-state index in [9.17, 15) is 0 Å². The van der Waals surface area contributed by atoms with Gasteiger partial charge < -0.3 is 4.74 Å². The fourth-order valence-electron chi connectivity index (χ4n) is 2.27. The van der Waals surface area contributed by atoms with E-state index >= 15 is 0 Å². The number of benzene rings is 1. The summed E-state index contributed by atoms with van der Waals surface area (Å²) in [6.07, 6.45) is 3.73. The zero-order chi connectivity index (χ0) is 15.8. The van der Waals surface area contributed by atoms with E-state index in [1.54, 1.807) is 0 Å². The van der Waals surface area contributed by atoms with Gasteiger partial charge in [0.2, 0.25) is 0 Å². The smallest absolute Gasteiger partial charge is 0.185 e. The molecule has 0 saturated carbocycles. The van der Waals surface area contributed by atoms with E-state index in [-0.39, 0.29) is 0 Å². The first-order valence-electron chi connectivity index (χ1n) is 7.76. The van der Waals surface area contributed by atoms with E-state index in [1.165, 1.54) is 5.56 Å². The topological polar surface area (TPSA) is 63.7 Å². The molecule has 116 valence electrons. The average Bonchev–Trinajstić information content (AvgIpc) is 2.91. The maximum atomic E-state index is 9.03. The van der Waals surface area contributed by atoms with Gasteiger partial charge in [0.25, 0.3) is 0 Å². The quantitative estimate of drug-likeness (QED) is 0.702. The normalized spacial score (nSPS) is 10.4. The molecule has 0 unspecified atom stereocenters. The molecule has 0 N–H and O–H groups in total. The highest BCUT2D eigenvalue weighted by Crippen LogP contribution is 2.12. The van der Waals surface area contributed by atoms with Crippen LogP contribution in [0.15, 0.2) is 24.3 Å². The molecule has 0 aliphatic carbocycles. The molecule has 0 radical (unpaired) electrons. The Morgan fingerprint density at radius 2 is 2.00 bits per heavy atom. The zero-order valence-electron chi connectivity index (χ0n) is 13.2. The van der Waals surface area contributed by atoms with Crippen LogP contribution in [0.1, 0.15) is 43.1 Å². The maximum absolute atomic E-state index is 9.03. The number of nitrogens with zero attached hydrogens (tertiary/aromatic N) is 4. The van der Waals surface area contributed by atoms with Gasteiger partial charge in [0.05, 0.1) is 12.3 Å². The minimum Gasteiger partial charge on any atom is -0.494 e. The molecule has 2 aromatic rings. The number of aryl methyl sites for hydroxylation is 2. The third-order valence-corrected chi connectivity index (χ3v) is 3.48. The Bertz CT molecular complexity index is 625. The molecule has 0 atom stereocenters. The molecular weight excluding hydrogens is 276 g/mol. The summed E-state index contributed by atoms with van der Waals surface area (Å²) >= 11 is 0. The highest BCUT2D eigenvalue weighted by Gasteiger charge is 2.10. The Morgan fingerprint density at radius 3 is 2.68 bits per heavy atom. The molecular formula is C17H22N4O. The lowest BCUT2D eigenvalue weighted by atomic mass is 10.2. The van der Waals surface area contributed by atoms with Crippen molar-refractivity contribution in [3.8, 4) is 11.8 Å². The highest BCUT2D eigenvalue weighted by atomic mass is 16.5. The number of hydrogen-bond donors (Lipinski definition) is 0. The van der Waals surface area contributed by atoms with Crippen molar-refractivity contribution in [3.05, 3.63) is 41.2 Å². The van der Waals surface area contributed by atoms with E-state index in [2.05, 4.69) is 30.2 Å². The van der Waals surface area contributed by atoms with Crippen molar-refractivity contribution in [1.29, 1.82) is 5.26 Å². The number of nitriles is 1. The van der Waals surface area contributed by atoms with Crippen LogP contribution >= 0.6 is 0 Å². The summed E-state index contributed by atoms with van der Waals surface area (Å²) in [5.74, 6) is 0.907. The van der Waals surface area contributed by atoms with Gasteiger partial charge in [-0.25, -0.2) is 4.68 Å². The molecule has 0 saturated heterocycles. The number of hydrogen-bond acceptors (Lipinski definition) is 4. The van der Waals surface area contributed by atoms with Crippen molar-refractivity contribution in [2.24, 2.45) is 0 Å². The zero-order valence-corrected chi connectivity index (χ0v) is 13.2. The van der Waals surface area contributed by atoms with Gasteiger partial charge in [-0.2, -0.15) is 5.26 Å². The molecule has 2 rings (SSSR count). The van der Waals surface area contributed by atoms with Crippen LogP contribution in [-0.2, 0) is 13.0 Å². The van der Waals surface area contributed by atoms with Gasteiger partial charge in [0.15, 0.2) is 5.69 Å². The van der Waals surface area contributed by atoms with Crippen LogP contribution in [0.5, 0.6) is 5.75 Å². The van der Waals surface area contributed by atoms with E-state index in [4.69, 9.17) is 10.00 Å². The second-order valence-corrected chi connectivity index (χ2v) is 5.34. The summed E-state index contributed by atoms with van der Waals surface area (Å²) in [4.78, 5) is 0. The lowest BCUT2D eigenvalue weighted by Gasteiger charge is -2.08. The van der Waals surface area contributed by atoms with E-state index in [0.29, 0.717) is 12.3 Å². The first kappa shape index (κ1) is 16.0. The third-order valence-electron chi connectivity index (χ3n) is 3.48. The van der Waals surface area contributed by atoms with Gasteiger partial charge in [-0.3, -0.25) is 0 Å². The van der Waals surface area contributed by atoms with Crippen molar-refractivity contribution >= 4 is 0 Å². The molecule has 5 nitrogen and oxygen atoms in total. The van der Waals surface area contributed by atoms with Crippen molar-refractivity contribution in [3.63, 3.8) is 0 Å². The van der Waals surface area contributed by atoms with Crippen molar-refractivity contribution in [1.82, 2.24) is 15.0 Å². The number of aromatic nitrogens is 3. The first-order valence-corrected chi connectivity index (χ1v) is 7.76. The van der Waals surface area contributed by atoms with Crippen LogP contribution < -0.4 is 4.74 Å². The van der Waals surface area contributed by atoms with Gasteiger partial charge in [-0.1, -0.05) is 36.3 Å². The molecule has 5 heteroatoms. The van der Waals surface area contributed by atoms with Crippen LogP contribution in [0.25, 0.3) is 0 Å². The largest absolute Gasteiger partial charge is 0.494 e. The lowest BCUT2D eigenvalue weighted by Crippen LogP contribution is -2.07. The summed E-state index contributed by atoms with van der Waals surface area (Å²) in [5, 5.41) is 17.0.